The average Bonchev–Trinajstić information content (AvgIpc) is 3.00. The number of nitrogen functional groups attached to an aromatic ring is 1. The first-order valence-corrected chi connectivity index (χ1v) is 16.7. The van der Waals surface area contributed by atoms with Crippen LogP contribution < -0.4 is 20.5 Å². The van der Waals surface area contributed by atoms with Gasteiger partial charge in [-0.05, 0) is 98.0 Å². The lowest BCUT2D eigenvalue weighted by molar-refractivity contribution is 0.0969. The molecule has 0 spiro atoms. The molecule has 12 heteroatoms. The lowest BCUT2D eigenvalue weighted by Crippen LogP contribution is -2.33. The molecule has 9 nitrogen and oxygen atoms in total. The van der Waals surface area contributed by atoms with E-state index < -0.39 is 22.0 Å². The molecule has 3 aromatic carbocycles. The minimum Gasteiger partial charge on any atom is -0.490 e. The molecular formula is C33H45Cl2N3O6S. The van der Waals surface area contributed by atoms with Gasteiger partial charge in [-0.25, -0.2) is 13.1 Å². The van der Waals surface area contributed by atoms with Crippen molar-refractivity contribution < 1.29 is 28.2 Å². The molecule has 0 saturated heterocycles. The van der Waals surface area contributed by atoms with Crippen molar-refractivity contribution in [1.82, 2.24) is 10.0 Å². The number of hydrogen-bond donors (Lipinski definition) is 5. The van der Waals surface area contributed by atoms with Crippen LogP contribution >= 0.6 is 24.8 Å². The second kappa shape index (κ2) is 19.0. The monoisotopic (exact) mass is 681 g/mol. The van der Waals surface area contributed by atoms with Crippen LogP contribution in [0.1, 0.15) is 72.5 Å². The summed E-state index contributed by atoms with van der Waals surface area (Å²) in [7, 11) is -3.87. The maximum absolute atomic E-state index is 13.0. The normalized spacial score (nSPS) is 14.1. The number of carbonyl (C=O) groups is 1. The number of aliphatic hydroxyl groups is 2. The van der Waals surface area contributed by atoms with Crippen LogP contribution in [0.15, 0.2) is 66.7 Å². The molecule has 1 aliphatic carbocycles. The van der Waals surface area contributed by atoms with E-state index in [1.807, 2.05) is 30.3 Å². The Labute approximate surface area is 278 Å². The van der Waals surface area contributed by atoms with E-state index in [2.05, 4.69) is 22.2 Å². The third kappa shape index (κ3) is 12.1. The van der Waals surface area contributed by atoms with Crippen LogP contribution in [0.4, 0.5) is 5.69 Å². The molecule has 1 saturated carbocycles. The van der Waals surface area contributed by atoms with Crippen molar-refractivity contribution in [3.8, 4) is 16.9 Å². The molecule has 45 heavy (non-hydrogen) atoms. The molecule has 1 aliphatic rings. The molecule has 0 aliphatic heterocycles. The number of ether oxygens (including phenoxy) is 1. The SMILES string of the molecule is Cl.Cl.Nc1ccc([C@@H](O)CNCCCc2ccc(-c3ccc(C(=O)NS(=O)(=O)CCCO)c(OC4CCCCC4)c3)cc2)cc1. The molecule has 0 bridgehead atoms. The fraction of sp³-hybridized carbons (Fsp3) is 0.424. The van der Waals surface area contributed by atoms with Gasteiger partial charge in [0, 0.05) is 18.8 Å². The highest BCUT2D eigenvalue weighted by Crippen LogP contribution is 2.31. The molecule has 1 amide bonds. The van der Waals surface area contributed by atoms with Crippen LogP contribution in [0.3, 0.4) is 0 Å². The summed E-state index contributed by atoms with van der Waals surface area (Å²) in [5.74, 6) is -0.698. The average molecular weight is 683 g/mol. The van der Waals surface area contributed by atoms with Crippen LogP contribution in [-0.4, -0.2) is 56.1 Å². The van der Waals surface area contributed by atoms with Crippen LogP contribution in [0, 0.1) is 0 Å². The number of aryl methyl sites for hydroxylation is 1. The molecule has 1 fully saturated rings. The van der Waals surface area contributed by atoms with Crippen LogP contribution in [0.5, 0.6) is 5.75 Å². The van der Waals surface area contributed by atoms with Crippen molar-refractivity contribution >= 4 is 46.4 Å². The summed E-state index contributed by atoms with van der Waals surface area (Å²) in [4.78, 5) is 13.0. The number of amides is 1. The largest absolute Gasteiger partial charge is 0.490 e. The van der Waals surface area contributed by atoms with Gasteiger partial charge in [0.15, 0.2) is 0 Å². The number of rotatable bonds is 15. The number of benzene rings is 3. The van der Waals surface area contributed by atoms with Gasteiger partial charge in [-0.3, -0.25) is 4.79 Å². The number of halogens is 2. The number of carbonyl (C=O) groups excluding carboxylic acids is 1. The van der Waals surface area contributed by atoms with Gasteiger partial charge in [-0.2, -0.15) is 0 Å². The fourth-order valence-electron chi connectivity index (χ4n) is 5.21. The Morgan fingerprint density at radius 3 is 2.27 bits per heavy atom. The third-order valence-electron chi connectivity index (χ3n) is 7.66. The fourth-order valence-corrected chi connectivity index (χ4v) is 6.21. The Bertz CT molecular complexity index is 1430. The summed E-state index contributed by atoms with van der Waals surface area (Å²) in [6.07, 6.45) is 6.29. The molecule has 1 atom stereocenters. The number of nitrogens with one attached hydrogen (secondary N) is 2. The van der Waals surface area contributed by atoms with E-state index in [0.717, 1.165) is 68.2 Å². The van der Waals surface area contributed by atoms with Gasteiger partial charge in [-0.15, -0.1) is 24.8 Å². The summed E-state index contributed by atoms with van der Waals surface area (Å²) < 4.78 is 33.0. The predicted molar refractivity (Wildman–Crippen MR) is 184 cm³/mol. The zero-order chi connectivity index (χ0) is 30.7. The Morgan fingerprint density at radius 2 is 1.60 bits per heavy atom. The van der Waals surface area contributed by atoms with Gasteiger partial charge in [0.25, 0.3) is 5.91 Å². The number of hydrogen-bond acceptors (Lipinski definition) is 8. The Morgan fingerprint density at radius 1 is 0.933 bits per heavy atom. The van der Waals surface area contributed by atoms with E-state index >= 15 is 0 Å². The molecular weight excluding hydrogens is 637 g/mol. The zero-order valence-electron chi connectivity index (χ0n) is 25.3. The highest BCUT2D eigenvalue weighted by Gasteiger charge is 2.23. The van der Waals surface area contributed by atoms with Crippen molar-refractivity contribution in [3.63, 3.8) is 0 Å². The van der Waals surface area contributed by atoms with E-state index in [0.29, 0.717) is 18.0 Å². The van der Waals surface area contributed by atoms with Gasteiger partial charge in [0.05, 0.1) is 23.5 Å². The summed E-state index contributed by atoms with van der Waals surface area (Å²) in [6, 6.07) is 20.7. The summed E-state index contributed by atoms with van der Waals surface area (Å²) in [5, 5.41) is 22.6. The molecule has 248 valence electrons. The van der Waals surface area contributed by atoms with Crippen molar-refractivity contribution in [2.45, 2.75) is 63.6 Å². The van der Waals surface area contributed by atoms with Crippen LogP contribution in [-0.2, 0) is 16.4 Å². The number of sulfonamides is 1. The van der Waals surface area contributed by atoms with E-state index in [1.165, 1.54) is 5.56 Å². The smallest absolute Gasteiger partial charge is 0.268 e. The maximum atomic E-state index is 13.0. The van der Waals surface area contributed by atoms with Gasteiger partial charge >= 0.3 is 0 Å². The predicted octanol–water partition coefficient (Wildman–Crippen LogP) is 5.19. The number of nitrogens with two attached hydrogens (primary N) is 1. The first kappa shape index (κ1) is 38.3. The van der Waals surface area contributed by atoms with Crippen LogP contribution in [0.2, 0.25) is 0 Å². The number of aliphatic hydroxyl groups excluding tert-OH is 2. The molecule has 0 aromatic heterocycles. The Balaban J connectivity index is 0.00000353. The van der Waals surface area contributed by atoms with Crippen molar-refractivity contribution in [2.75, 3.05) is 31.2 Å². The lowest BCUT2D eigenvalue weighted by Gasteiger charge is -2.24. The zero-order valence-corrected chi connectivity index (χ0v) is 27.8. The quantitative estimate of drug-likeness (QED) is 0.109. The summed E-state index contributed by atoms with van der Waals surface area (Å²) in [6.45, 7) is 0.969. The number of anilines is 1. The second-order valence-electron chi connectivity index (χ2n) is 11.1. The molecule has 0 radical (unpaired) electrons. The molecule has 3 aromatic rings. The minimum atomic E-state index is -3.87. The van der Waals surface area contributed by atoms with E-state index in [4.69, 9.17) is 15.6 Å². The topological polar surface area (TPSA) is 151 Å². The van der Waals surface area contributed by atoms with Gasteiger partial charge < -0.3 is 26.0 Å². The highest BCUT2D eigenvalue weighted by molar-refractivity contribution is 7.90. The first-order chi connectivity index (χ1) is 20.7. The molecule has 4 rings (SSSR count). The summed E-state index contributed by atoms with van der Waals surface area (Å²) in [5.41, 5.74) is 10.4. The minimum absolute atomic E-state index is 0. The maximum Gasteiger partial charge on any atom is 0.268 e. The van der Waals surface area contributed by atoms with Gasteiger partial charge in [0.2, 0.25) is 10.0 Å². The van der Waals surface area contributed by atoms with E-state index in [9.17, 15) is 18.3 Å². The van der Waals surface area contributed by atoms with E-state index in [1.54, 1.807) is 24.3 Å². The second-order valence-corrected chi connectivity index (χ2v) is 12.9. The van der Waals surface area contributed by atoms with Gasteiger partial charge in [-0.1, -0.05) is 48.9 Å². The molecule has 0 heterocycles. The van der Waals surface area contributed by atoms with Crippen molar-refractivity contribution in [2.24, 2.45) is 0 Å². The third-order valence-corrected chi connectivity index (χ3v) is 8.98. The summed E-state index contributed by atoms with van der Waals surface area (Å²) >= 11 is 0. The highest BCUT2D eigenvalue weighted by atomic mass is 35.5. The first-order valence-electron chi connectivity index (χ1n) is 15.0. The molecule has 0 unspecified atom stereocenters. The Hall–Kier alpha value is -2.86. The Kier molecular flexibility index (Phi) is 16.1. The molecule has 6 N–H and O–H groups in total. The van der Waals surface area contributed by atoms with E-state index in [-0.39, 0.29) is 55.3 Å². The van der Waals surface area contributed by atoms with Crippen molar-refractivity contribution in [3.05, 3.63) is 83.4 Å². The standard InChI is InChI=1S/C33H43N3O6S.2ClH/c34-28-16-13-26(14-17-28)31(38)23-35-19-4-6-24-9-11-25(12-10-24)27-15-18-30(33(39)36-43(40,41)21-5-20-37)32(22-27)42-29-7-2-1-3-8-29;;/h9-18,22,29,31,35,37-38H,1-8,19-21,23,34H2,(H,36,39);2*1H/t31-;;/m0../s1. The van der Waals surface area contributed by atoms with Gasteiger partial charge in [0.1, 0.15) is 5.75 Å². The van der Waals surface area contributed by atoms with Crippen LogP contribution in [0.25, 0.3) is 11.1 Å². The van der Waals surface area contributed by atoms with Crippen molar-refractivity contribution in [1.29, 1.82) is 0 Å². The lowest BCUT2D eigenvalue weighted by atomic mass is 9.97.